The molecule has 1 rings (SSSR count). The van der Waals surface area contributed by atoms with Crippen molar-refractivity contribution in [3.8, 4) is 5.88 Å². The van der Waals surface area contributed by atoms with Gasteiger partial charge in [-0.3, -0.25) is 4.79 Å². The fraction of sp³-hybridized carbons (Fsp3) is 0.333. The van der Waals surface area contributed by atoms with Crippen LogP contribution in [-0.4, -0.2) is 24.9 Å². The second-order valence-corrected chi connectivity index (χ2v) is 2.56. The number of Topliss-reactive ketones (excluding diaryl/α,β-unsaturated/α-hetero) is 1. The van der Waals surface area contributed by atoms with Gasteiger partial charge in [-0.05, 0) is 6.07 Å². The summed E-state index contributed by atoms with van der Waals surface area (Å²) in [5, 5.41) is 2.89. The standard InChI is InChI=1S/C9H12N2O2/c1-6(12)9-7(10-2)4-5-8(11-9)13-3/h4-5,10H,1-3H3. The predicted molar refractivity (Wildman–Crippen MR) is 50.3 cm³/mol. The zero-order valence-electron chi connectivity index (χ0n) is 7.92. The molecule has 4 heteroatoms. The Morgan fingerprint density at radius 2 is 2.23 bits per heavy atom. The Labute approximate surface area is 76.9 Å². The summed E-state index contributed by atoms with van der Waals surface area (Å²) in [7, 11) is 3.27. The van der Waals surface area contributed by atoms with Gasteiger partial charge in [-0.15, -0.1) is 0 Å². The molecule has 0 bridgehead atoms. The van der Waals surface area contributed by atoms with Gasteiger partial charge in [-0.25, -0.2) is 4.98 Å². The molecule has 1 aromatic heterocycles. The maximum Gasteiger partial charge on any atom is 0.213 e. The summed E-state index contributed by atoms with van der Waals surface area (Å²) in [4.78, 5) is 15.2. The van der Waals surface area contributed by atoms with E-state index in [2.05, 4.69) is 10.3 Å². The maximum atomic E-state index is 11.1. The van der Waals surface area contributed by atoms with Crippen LogP contribution in [0.1, 0.15) is 17.4 Å². The average molecular weight is 180 g/mol. The monoisotopic (exact) mass is 180 g/mol. The van der Waals surface area contributed by atoms with E-state index in [0.717, 1.165) is 0 Å². The molecule has 0 amide bonds. The molecule has 1 heterocycles. The molecule has 0 saturated heterocycles. The average Bonchev–Trinajstić information content (AvgIpc) is 2.16. The zero-order chi connectivity index (χ0) is 9.84. The quantitative estimate of drug-likeness (QED) is 0.713. The summed E-state index contributed by atoms with van der Waals surface area (Å²) in [5.74, 6) is 0.368. The van der Waals surface area contributed by atoms with E-state index in [1.807, 2.05) is 0 Å². The van der Waals surface area contributed by atoms with E-state index in [0.29, 0.717) is 17.3 Å². The number of nitrogens with one attached hydrogen (secondary N) is 1. The van der Waals surface area contributed by atoms with Crippen molar-refractivity contribution in [2.24, 2.45) is 0 Å². The first-order chi connectivity index (χ1) is 6.19. The van der Waals surface area contributed by atoms with E-state index in [1.54, 1.807) is 19.2 Å². The van der Waals surface area contributed by atoms with Crippen LogP contribution in [-0.2, 0) is 0 Å². The van der Waals surface area contributed by atoms with Crippen LogP contribution in [0.2, 0.25) is 0 Å². The molecule has 1 aromatic rings. The van der Waals surface area contributed by atoms with Crippen LogP contribution in [0.3, 0.4) is 0 Å². The minimum atomic E-state index is -0.0803. The zero-order valence-corrected chi connectivity index (χ0v) is 7.92. The Kier molecular flexibility index (Phi) is 2.84. The number of rotatable bonds is 3. The van der Waals surface area contributed by atoms with Gasteiger partial charge in [0.2, 0.25) is 5.88 Å². The molecule has 0 fully saturated rings. The first-order valence-electron chi connectivity index (χ1n) is 3.92. The Morgan fingerprint density at radius 1 is 1.54 bits per heavy atom. The number of carbonyl (C=O) groups is 1. The van der Waals surface area contributed by atoms with Crippen molar-refractivity contribution in [2.75, 3.05) is 19.5 Å². The highest BCUT2D eigenvalue weighted by atomic mass is 16.5. The number of pyridine rings is 1. The molecule has 4 nitrogen and oxygen atoms in total. The summed E-state index contributed by atoms with van der Waals surface area (Å²) in [6.45, 7) is 1.47. The van der Waals surface area contributed by atoms with Gasteiger partial charge in [0, 0.05) is 20.0 Å². The highest BCUT2D eigenvalue weighted by Crippen LogP contribution is 2.17. The molecule has 0 unspecified atom stereocenters. The molecule has 70 valence electrons. The number of carbonyl (C=O) groups excluding carboxylic acids is 1. The molecule has 0 saturated carbocycles. The third kappa shape index (κ3) is 1.96. The van der Waals surface area contributed by atoms with E-state index in [4.69, 9.17) is 4.74 Å². The number of aromatic nitrogens is 1. The van der Waals surface area contributed by atoms with Crippen molar-refractivity contribution in [2.45, 2.75) is 6.92 Å². The lowest BCUT2D eigenvalue weighted by molar-refractivity contribution is 0.101. The van der Waals surface area contributed by atoms with E-state index in [-0.39, 0.29) is 5.78 Å². The van der Waals surface area contributed by atoms with Crippen molar-refractivity contribution < 1.29 is 9.53 Å². The highest BCUT2D eigenvalue weighted by Gasteiger charge is 2.08. The molecule has 0 aromatic carbocycles. The molecule has 0 spiro atoms. The van der Waals surface area contributed by atoms with Crippen molar-refractivity contribution in [1.82, 2.24) is 4.98 Å². The minimum absolute atomic E-state index is 0.0803. The van der Waals surface area contributed by atoms with E-state index < -0.39 is 0 Å². The van der Waals surface area contributed by atoms with Crippen LogP contribution in [0.5, 0.6) is 5.88 Å². The van der Waals surface area contributed by atoms with Crippen LogP contribution in [0, 0.1) is 0 Å². The highest BCUT2D eigenvalue weighted by molar-refractivity contribution is 5.97. The molecular weight excluding hydrogens is 168 g/mol. The largest absolute Gasteiger partial charge is 0.481 e. The number of anilines is 1. The third-order valence-corrected chi connectivity index (χ3v) is 1.68. The molecule has 0 aliphatic rings. The normalized spacial score (nSPS) is 9.46. The first-order valence-corrected chi connectivity index (χ1v) is 3.92. The molecule has 13 heavy (non-hydrogen) atoms. The van der Waals surface area contributed by atoms with Crippen LogP contribution >= 0.6 is 0 Å². The SMILES string of the molecule is CNc1ccc(OC)nc1C(C)=O. The molecule has 0 aliphatic carbocycles. The van der Waals surface area contributed by atoms with Crippen LogP contribution < -0.4 is 10.1 Å². The van der Waals surface area contributed by atoms with Gasteiger partial charge < -0.3 is 10.1 Å². The number of ether oxygens (including phenoxy) is 1. The lowest BCUT2D eigenvalue weighted by Crippen LogP contribution is -2.04. The van der Waals surface area contributed by atoms with Crippen molar-refractivity contribution in [3.63, 3.8) is 0 Å². The smallest absolute Gasteiger partial charge is 0.213 e. The van der Waals surface area contributed by atoms with Gasteiger partial charge in [0.25, 0.3) is 0 Å². The third-order valence-electron chi connectivity index (χ3n) is 1.68. The Morgan fingerprint density at radius 3 is 2.69 bits per heavy atom. The van der Waals surface area contributed by atoms with Gasteiger partial charge in [0.05, 0.1) is 12.8 Å². The topological polar surface area (TPSA) is 51.2 Å². The first kappa shape index (κ1) is 9.51. The fourth-order valence-corrected chi connectivity index (χ4v) is 1.03. The number of nitrogens with zero attached hydrogens (tertiary/aromatic N) is 1. The Balaban J connectivity index is 3.18. The number of ketones is 1. The van der Waals surface area contributed by atoms with Gasteiger partial charge in [0.1, 0.15) is 5.69 Å². The summed E-state index contributed by atoms with van der Waals surface area (Å²) < 4.78 is 4.91. The molecule has 1 N–H and O–H groups in total. The van der Waals surface area contributed by atoms with Crippen molar-refractivity contribution >= 4 is 11.5 Å². The Bertz CT molecular complexity index is 323. The van der Waals surface area contributed by atoms with Crippen molar-refractivity contribution in [1.29, 1.82) is 0 Å². The molecule has 0 atom stereocenters. The minimum Gasteiger partial charge on any atom is -0.481 e. The number of hydrogen-bond donors (Lipinski definition) is 1. The summed E-state index contributed by atoms with van der Waals surface area (Å²) >= 11 is 0. The lowest BCUT2D eigenvalue weighted by atomic mass is 10.2. The molecule has 0 aliphatic heterocycles. The van der Waals surface area contributed by atoms with Crippen LogP contribution in [0.4, 0.5) is 5.69 Å². The summed E-state index contributed by atoms with van der Waals surface area (Å²) in [5.41, 5.74) is 1.12. The second kappa shape index (κ2) is 3.89. The van der Waals surface area contributed by atoms with Gasteiger partial charge in [0.15, 0.2) is 5.78 Å². The van der Waals surface area contributed by atoms with E-state index in [1.165, 1.54) is 14.0 Å². The summed E-state index contributed by atoms with van der Waals surface area (Å²) in [6, 6.07) is 3.47. The number of methoxy groups -OCH3 is 1. The van der Waals surface area contributed by atoms with Gasteiger partial charge in [-0.2, -0.15) is 0 Å². The Hall–Kier alpha value is -1.58. The summed E-state index contributed by atoms with van der Waals surface area (Å²) in [6.07, 6.45) is 0. The number of hydrogen-bond acceptors (Lipinski definition) is 4. The van der Waals surface area contributed by atoms with E-state index >= 15 is 0 Å². The predicted octanol–water partition coefficient (Wildman–Crippen LogP) is 1.33. The van der Waals surface area contributed by atoms with Gasteiger partial charge >= 0.3 is 0 Å². The molecular formula is C9H12N2O2. The fourth-order valence-electron chi connectivity index (χ4n) is 1.03. The van der Waals surface area contributed by atoms with Crippen LogP contribution in [0.25, 0.3) is 0 Å². The van der Waals surface area contributed by atoms with Gasteiger partial charge in [-0.1, -0.05) is 0 Å². The lowest BCUT2D eigenvalue weighted by Gasteiger charge is -2.06. The van der Waals surface area contributed by atoms with Crippen molar-refractivity contribution in [3.05, 3.63) is 17.8 Å². The maximum absolute atomic E-state index is 11.1. The van der Waals surface area contributed by atoms with Crippen LogP contribution in [0.15, 0.2) is 12.1 Å². The molecule has 0 radical (unpaired) electrons. The second-order valence-electron chi connectivity index (χ2n) is 2.56. The van der Waals surface area contributed by atoms with E-state index in [9.17, 15) is 4.79 Å².